The van der Waals surface area contributed by atoms with Crippen LogP contribution in [-0.4, -0.2) is 274 Å². The van der Waals surface area contributed by atoms with E-state index in [1.165, 1.54) is 0 Å². The highest BCUT2D eigenvalue weighted by atomic mass is 16.8. The standard InChI is InChI=1S/C32H55NO26/c1-7(39)33-13-26(58-30-21(47)17(43)14(40)8(2-34)53-30)15(41)9(3-35)52-29(13)59-27-16(42)10(4-36)54-32(23(27)49)57-25-12(6-38)55-31(22(48)19(25)45)56-24-11(5-37)51-28(50)20(46)18(24)44/h8-32,34-38,40-50H,2-6H2,1H3,(H,33,39)/t8?,9?,10?,11?,12?,13?,14-,15-,16+,17-,18+,19+,20?,21?,22?,23?,24+,25-,26+,27-,28+,29-,30-,31-,32-/m0/s1. The van der Waals surface area contributed by atoms with Gasteiger partial charge in [-0.2, -0.15) is 0 Å². The highest BCUT2D eigenvalue weighted by Crippen LogP contribution is 2.35. The van der Waals surface area contributed by atoms with Gasteiger partial charge in [0, 0.05) is 6.92 Å². The molecule has 0 saturated carbocycles. The molecule has 0 aliphatic carbocycles. The number of amides is 1. The number of hydrogen-bond acceptors (Lipinski definition) is 26. The molecule has 27 nitrogen and oxygen atoms in total. The van der Waals surface area contributed by atoms with Gasteiger partial charge in [-0.25, -0.2) is 0 Å². The molecule has 344 valence electrons. The van der Waals surface area contributed by atoms with Crippen LogP contribution in [0.15, 0.2) is 0 Å². The minimum absolute atomic E-state index is 0.805. The molecule has 0 radical (unpaired) electrons. The van der Waals surface area contributed by atoms with Crippen LogP contribution in [0.3, 0.4) is 0 Å². The predicted molar refractivity (Wildman–Crippen MR) is 178 cm³/mol. The molecule has 10 unspecified atom stereocenters. The van der Waals surface area contributed by atoms with Gasteiger partial charge in [0.05, 0.1) is 33.0 Å². The summed E-state index contributed by atoms with van der Waals surface area (Å²) < 4.78 is 50.1. The fourth-order valence-electron chi connectivity index (χ4n) is 7.43. The van der Waals surface area contributed by atoms with Crippen molar-refractivity contribution in [2.45, 2.75) is 160 Å². The number of carbonyl (C=O) groups excluding carboxylic acids is 1. The maximum atomic E-state index is 12.4. The molecular formula is C32H55NO26. The lowest BCUT2D eigenvalue weighted by Gasteiger charge is -2.50. The number of aliphatic hydroxyl groups excluding tert-OH is 16. The zero-order valence-corrected chi connectivity index (χ0v) is 31.2. The summed E-state index contributed by atoms with van der Waals surface area (Å²) in [6.45, 7) is -3.58. The lowest BCUT2D eigenvalue weighted by atomic mass is 9.94. The van der Waals surface area contributed by atoms with Crippen molar-refractivity contribution in [3.05, 3.63) is 0 Å². The first kappa shape index (κ1) is 48.5. The summed E-state index contributed by atoms with van der Waals surface area (Å²) in [5, 5.41) is 169. The Bertz CT molecular complexity index is 1320. The van der Waals surface area contributed by atoms with Crippen molar-refractivity contribution < 1.29 is 129 Å². The molecule has 0 aromatic heterocycles. The van der Waals surface area contributed by atoms with Gasteiger partial charge in [0.25, 0.3) is 0 Å². The third-order valence-electron chi connectivity index (χ3n) is 10.7. The summed E-state index contributed by atoms with van der Waals surface area (Å²) in [4.78, 5) is 12.4. The second-order valence-corrected chi connectivity index (χ2v) is 14.7. The Morgan fingerprint density at radius 1 is 0.407 bits per heavy atom. The molecule has 5 heterocycles. The summed E-state index contributed by atoms with van der Waals surface area (Å²) in [6.07, 6.45) is -44.4. The smallest absolute Gasteiger partial charge is 0.217 e. The minimum atomic E-state index is -2.15. The summed E-state index contributed by atoms with van der Waals surface area (Å²) in [5.41, 5.74) is 0. The normalized spacial score (nSPS) is 51.0. The summed E-state index contributed by atoms with van der Waals surface area (Å²) >= 11 is 0. The molecule has 0 aromatic carbocycles. The van der Waals surface area contributed by atoms with Crippen LogP contribution in [0.25, 0.3) is 0 Å². The highest BCUT2D eigenvalue weighted by molar-refractivity contribution is 5.73. The second kappa shape index (κ2) is 20.8. The highest BCUT2D eigenvalue weighted by Gasteiger charge is 2.57. The molecule has 5 rings (SSSR count). The van der Waals surface area contributed by atoms with Gasteiger partial charge < -0.3 is 130 Å². The van der Waals surface area contributed by atoms with Crippen LogP contribution >= 0.6 is 0 Å². The molecule has 5 aliphatic rings. The van der Waals surface area contributed by atoms with Crippen molar-refractivity contribution in [3.8, 4) is 0 Å². The summed E-state index contributed by atoms with van der Waals surface area (Å²) in [7, 11) is 0. The maximum Gasteiger partial charge on any atom is 0.217 e. The Morgan fingerprint density at radius 3 is 1.29 bits per heavy atom. The number of nitrogens with one attached hydrogen (secondary N) is 1. The van der Waals surface area contributed by atoms with E-state index in [-0.39, 0.29) is 0 Å². The number of ether oxygens (including phenoxy) is 9. The van der Waals surface area contributed by atoms with Crippen LogP contribution in [0.5, 0.6) is 0 Å². The molecule has 5 fully saturated rings. The number of hydrogen-bond donors (Lipinski definition) is 17. The lowest BCUT2D eigenvalue weighted by Crippen LogP contribution is -2.70. The Labute approximate surface area is 333 Å². The molecular weight excluding hydrogens is 814 g/mol. The van der Waals surface area contributed by atoms with Gasteiger partial charge in [0.2, 0.25) is 5.91 Å². The second-order valence-electron chi connectivity index (χ2n) is 14.7. The van der Waals surface area contributed by atoms with E-state index in [4.69, 9.17) is 42.6 Å². The van der Waals surface area contributed by atoms with Gasteiger partial charge in [-0.15, -0.1) is 0 Å². The summed E-state index contributed by atoms with van der Waals surface area (Å²) in [6, 6.07) is -1.67. The van der Waals surface area contributed by atoms with E-state index >= 15 is 0 Å². The van der Waals surface area contributed by atoms with Crippen LogP contribution in [0, 0.1) is 0 Å². The van der Waals surface area contributed by atoms with E-state index in [1.807, 2.05) is 0 Å². The SMILES string of the molecule is CC(=O)NC1[C@H](O[C@@H]2C(O)[C@H](O[C@H]3C(CO)O[C@@H](O[C@@H]4C(CO)O[C@@H](O)C(O)[C@H]4O)C(O)[C@H]3O)OC(CO)[C@H]2O)OC(CO)[C@H](O)[C@@H]1O[C@@H]1OC(CO)[C@H](O)[C@H](O)C1O. The molecule has 1 amide bonds. The Kier molecular flexibility index (Phi) is 17.1. The third-order valence-corrected chi connectivity index (χ3v) is 10.7. The van der Waals surface area contributed by atoms with Gasteiger partial charge in [-0.1, -0.05) is 0 Å². The number of aliphatic hydroxyl groups is 16. The van der Waals surface area contributed by atoms with E-state index in [0.717, 1.165) is 6.92 Å². The quantitative estimate of drug-likeness (QED) is 0.0770. The van der Waals surface area contributed by atoms with E-state index in [1.54, 1.807) is 0 Å². The Morgan fingerprint density at radius 2 is 0.780 bits per heavy atom. The van der Waals surface area contributed by atoms with Crippen molar-refractivity contribution in [3.63, 3.8) is 0 Å². The van der Waals surface area contributed by atoms with Crippen molar-refractivity contribution in [1.29, 1.82) is 0 Å². The van der Waals surface area contributed by atoms with Gasteiger partial charge in [0.15, 0.2) is 31.5 Å². The third kappa shape index (κ3) is 10.2. The van der Waals surface area contributed by atoms with Crippen molar-refractivity contribution in [2.75, 3.05) is 33.0 Å². The van der Waals surface area contributed by atoms with Crippen LogP contribution in [0.1, 0.15) is 6.92 Å². The monoisotopic (exact) mass is 869 g/mol. The van der Waals surface area contributed by atoms with Crippen molar-refractivity contribution in [2.24, 2.45) is 0 Å². The van der Waals surface area contributed by atoms with Crippen molar-refractivity contribution in [1.82, 2.24) is 5.32 Å². The first-order chi connectivity index (χ1) is 27.9. The molecule has 5 saturated heterocycles. The van der Waals surface area contributed by atoms with Crippen LogP contribution in [0.4, 0.5) is 0 Å². The topological polar surface area (TPSA) is 436 Å². The maximum absolute atomic E-state index is 12.4. The van der Waals surface area contributed by atoms with Gasteiger partial charge in [-0.3, -0.25) is 4.79 Å². The molecule has 25 atom stereocenters. The molecule has 0 aromatic rings. The molecule has 0 bridgehead atoms. The Balaban J connectivity index is 1.35. The molecule has 5 aliphatic heterocycles. The number of rotatable bonds is 14. The lowest BCUT2D eigenvalue weighted by molar-refractivity contribution is -0.388. The zero-order chi connectivity index (χ0) is 43.6. The largest absolute Gasteiger partial charge is 0.394 e. The molecule has 0 spiro atoms. The fourth-order valence-corrected chi connectivity index (χ4v) is 7.43. The molecule has 17 N–H and O–H groups in total. The van der Waals surface area contributed by atoms with E-state index in [0.29, 0.717) is 0 Å². The first-order valence-electron chi connectivity index (χ1n) is 18.6. The average molecular weight is 870 g/mol. The fraction of sp³-hybridized carbons (Fsp3) is 0.969. The summed E-state index contributed by atoms with van der Waals surface area (Å²) in [5.74, 6) is -0.805. The van der Waals surface area contributed by atoms with E-state index < -0.39 is 192 Å². The zero-order valence-electron chi connectivity index (χ0n) is 31.2. The first-order valence-corrected chi connectivity index (χ1v) is 18.6. The van der Waals surface area contributed by atoms with E-state index in [2.05, 4.69) is 5.32 Å². The predicted octanol–water partition coefficient (Wildman–Crippen LogP) is -11.8. The molecule has 59 heavy (non-hydrogen) atoms. The Hall–Kier alpha value is -1.53. The minimum Gasteiger partial charge on any atom is -0.394 e. The van der Waals surface area contributed by atoms with E-state index in [9.17, 15) is 86.5 Å². The number of carbonyl (C=O) groups is 1. The van der Waals surface area contributed by atoms with Crippen LogP contribution in [0.2, 0.25) is 0 Å². The van der Waals surface area contributed by atoms with Crippen molar-refractivity contribution >= 4 is 5.91 Å². The van der Waals surface area contributed by atoms with Crippen LogP contribution in [-0.2, 0) is 47.4 Å². The van der Waals surface area contributed by atoms with Crippen LogP contribution < -0.4 is 5.32 Å². The van der Waals surface area contributed by atoms with Gasteiger partial charge >= 0.3 is 0 Å². The van der Waals surface area contributed by atoms with Gasteiger partial charge in [-0.05, 0) is 0 Å². The van der Waals surface area contributed by atoms with Gasteiger partial charge in [0.1, 0.15) is 122 Å². The molecule has 27 heteroatoms. The average Bonchev–Trinajstić information content (AvgIpc) is 3.21.